The van der Waals surface area contributed by atoms with E-state index in [1.54, 1.807) is 4.52 Å². The fourth-order valence-corrected chi connectivity index (χ4v) is 3.11. The van der Waals surface area contributed by atoms with Crippen molar-refractivity contribution >= 4 is 11.5 Å². The van der Waals surface area contributed by atoms with Gasteiger partial charge in [0.1, 0.15) is 5.82 Å². The highest BCUT2D eigenvalue weighted by atomic mass is 19.4. The molecule has 0 N–H and O–H groups in total. The maximum atomic E-state index is 12.6. The molecule has 0 aliphatic carbocycles. The second-order valence-corrected chi connectivity index (χ2v) is 8.21. The maximum absolute atomic E-state index is 12.6. The molecular weight excluding hydrogens is 389 g/mol. The highest BCUT2D eigenvalue weighted by Gasteiger charge is 2.39. The Morgan fingerprint density at radius 1 is 1.10 bits per heavy atom. The number of halogens is 3. The molecule has 4 heterocycles. The molecule has 3 aromatic rings. The lowest BCUT2D eigenvalue weighted by Crippen LogP contribution is -2.58. The van der Waals surface area contributed by atoms with Crippen LogP contribution in [0.4, 0.5) is 19.0 Å². The topological polar surface area (TPSA) is 88.5 Å². The quantitative estimate of drug-likeness (QED) is 0.647. The van der Waals surface area contributed by atoms with E-state index in [1.165, 1.54) is 0 Å². The number of aromatic nitrogens is 6. The van der Waals surface area contributed by atoms with Crippen molar-refractivity contribution in [2.45, 2.75) is 44.9 Å². The van der Waals surface area contributed by atoms with E-state index < -0.39 is 12.1 Å². The highest BCUT2D eigenvalue weighted by Crippen LogP contribution is 2.29. The van der Waals surface area contributed by atoms with E-state index >= 15 is 0 Å². The predicted octanol–water partition coefficient (Wildman–Crippen LogP) is 2.14. The Bertz CT molecular complexity index is 1020. The molecule has 4 rings (SSSR count). The minimum absolute atomic E-state index is 0.0582. The van der Waals surface area contributed by atoms with E-state index in [9.17, 15) is 13.2 Å². The first-order valence-electron chi connectivity index (χ1n) is 9.10. The molecule has 0 saturated carbocycles. The zero-order valence-electron chi connectivity index (χ0n) is 16.5. The summed E-state index contributed by atoms with van der Waals surface area (Å²) in [7, 11) is 1.81. The fourth-order valence-electron chi connectivity index (χ4n) is 3.11. The molecule has 0 atom stereocenters. The van der Waals surface area contributed by atoms with E-state index in [0.717, 1.165) is 11.6 Å². The number of rotatable bonds is 4. The van der Waals surface area contributed by atoms with Crippen molar-refractivity contribution in [3.63, 3.8) is 0 Å². The van der Waals surface area contributed by atoms with Gasteiger partial charge in [-0.05, 0) is 19.2 Å². The van der Waals surface area contributed by atoms with Gasteiger partial charge in [-0.25, -0.2) is 0 Å². The van der Waals surface area contributed by atoms with Crippen LogP contribution in [0.2, 0.25) is 0 Å². The summed E-state index contributed by atoms with van der Waals surface area (Å²) in [4.78, 5) is 3.98. The second-order valence-electron chi connectivity index (χ2n) is 8.21. The molecular formula is C17H21F3N8O. The number of anilines is 1. The van der Waals surface area contributed by atoms with E-state index in [-0.39, 0.29) is 23.9 Å². The third-order valence-electron chi connectivity index (χ3n) is 4.82. The van der Waals surface area contributed by atoms with Gasteiger partial charge in [-0.2, -0.15) is 17.7 Å². The molecule has 3 aromatic heterocycles. The molecule has 1 saturated heterocycles. The number of fused-ring (bicyclic) bond motifs is 1. The molecule has 1 aliphatic heterocycles. The van der Waals surface area contributed by atoms with Crippen LogP contribution < -0.4 is 4.90 Å². The smallest absolute Gasteiger partial charge is 0.416 e. The molecule has 0 amide bonds. The van der Waals surface area contributed by atoms with Crippen LogP contribution >= 0.6 is 0 Å². The largest absolute Gasteiger partial charge is 0.470 e. The molecule has 1 fully saturated rings. The van der Waals surface area contributed by atoms with Gasteiger partial charge in [0.05, 0.1) is 6.54 Å². The normalized spacial score (nSPS) is 16.1. The minimum atomic E-state index is -4.63. The molecule has 0 bridgehead atoms. The summed E-state index contributed by atoms with van der Waals surface area (Å²) < 4.78 is 44.2. The zero-order chi connectivity index (χ0) is 21.0. The van der Waals surface area contributed by atoms with E-state index in [4.69, 9.17) is 4.42 Å². The number of hydrogen-bond acceptors (Lipinski definition) is 8. The third kappa shape index (κ3) is 3.76. The Hall–Kier alpha value is -2.76. The van der Waals surface area contributed by atoms with Gasteiger partial charge in [-0.1, -0.05) is 20.8 Å². The predicted molar refractivity (Wildman–Crippen MR) is 96.3 cm³/mol. The Morgan fingerprint density at radius 3 is 2.45 bits per heavy atom. The van der Waals surface area contributed by atoms with Crippen LogP contribution in [0.1, 0.15) is 38.4 Å². The van der Waals surface area contributed by atoms with E-state index in [0.29, 0.717) is 18.7 Å². The van der Waals surface area contributed by atoms with Gasteiger partial charge in [0, 0.05) is 24.5 Å². The van der Waals surface area contributed by atoms with Crippen molar-refractivity contribution in [1.29, 1.82) is 0 Å². The lowest BCUT2D eigenvalue weighted by molar-refractivity contribution is -0.157. The van der Waals surface area contributed by atoms with Crippen molar-refractivity contribution in [3.8, 4) is 0 Å². The van der Waals surface area contributed by atoms with Crippen molar-refractivity contribution in [3.05, 3.63) is 29.7 Å². The monoisotopic (exact) mass is 410 g/mol. The molecule has 0 radical (unpaired) electrons. The van der Waals surface area contributed by atoms with Crippen molar-refractivity contribution < 1.29 is 17.6 Å². The molecule has 29 heavy (non-hydrogen) atoms. The fraction of sp³-hybridized carbons (Fsp3) is 0.588. The number of hydrogen-bond donors (Lipinski definition) is 0. The average molecular weight is 410 g/mol. The van der Waals surface area contributed by atoms with Crippen LogP contribution in [-0.2, 0) is 18.1 Å². The molecule has 9 nitrogen and oxygen atoms in total. The van der Waals surface area contributed by atoms with Crippen LogP contribution in [0.15, 0.2) is 16.5 Å². The van der Waals surface area contributed by atoms with Gasteiger partial charge in [0.2, 0.25) is 5.89 Å². The van der Waals surface area contributed by atoms with Crippen molar-refractivity contribution in [2.24, 2.45) is 0 Å². The average Bonchev–Trinajstić information content (AvgIpc) is 3.18. The van der Waals surface area contributed by atoms with Crippen molar-refractivity contribution in [1.82, 2.24) is 34.9 Å². The molecule has 0 spiro atoms. The SMILES string of the molecule is CN(Cc1nnc(C(F)(F)F)o1)C1CN(c2ccc3nnc(C(C)(C)C)n3n2)C1. The molecule has 0 unspecified atom stereocenters. The number of likely N-dealkylation sites (N-methyl/N-ethyl adjacent to an activating group) is 1. The minimum Gasteiger partial charge on any atom is -0.416 e. The lowest BCUT2D eigenvalue weighted by Gasteiger charge is -2.44. The Labute approximate surface area is 164 Å². The molecule has 12 heteroatoms. The third-order valence-corrected chi connectivity index (χ3v) is 4.82. The standard InChI is InChI=1S/C17H21F3N8O/c1-16(2,3)14-23-21-11-5-6-12(25-28(11)14)27-7-10(8-27)26(4)9-13-22-24-15(29-13)17(18,19)20/h5-6,10H,7-9H2,1-4H3. The Kier molecular flexibility index (Phi) is 4.48. The van der Waals surface area contributed by atoms with Crippen LogP contribution in [0.3, 0.4) is 0 Å². The lowest BCUT2D eigenvalue weighted by atomic mass is 9.96. The van der Waals surface area contributed by atoms with Crippen LogP contribution in [0, 0.1) is 0 Å². The van der Waals surface area contributed by atoms with Crippen LogP contribution in [-0.4, -0.2) is 61.1 Å². The summed E-state index contributed by atoms with van der Waals surface area (Å²) in [5, 5.41) is 19.6. The van der Waals surface area contributed by atoms with Crippen molar-refractivity contribution in [2.75, 3.05) is 25.0 Å². The summed E-state index contributed by atoms with van der Waals surface area (Å²) >= 11 is 0. The van der Waals surface area contributed by atoms with Gasteiger partial charge in [0.25, 0.3) is 0 Å². The Balaban J connectivity index is 1.41. The summed E-state index contributed by atoms with van der Waals surface area (Å²) in [6.07, 6.45) is -4.63. The van der Waals surface area contributed by atoms with Gasteiger partial charge in [-0.15, -0.1) is 25.5 Å². The first kappa shape index (κ1) is 19.6. The summed E-state index contributed by atoms with van der Waals surface area (Å²) in [6.45, 7) is 7.66. The number of alkyl halides is 3. The first-order chi connectivity index (χ1) is 13.5. The van der Waals surface area contributed by atoms with Crippen LogP contribution in [0.25, 0.3) is 5.65 Å². The van der Waals surface area contributed by atoms with Gasteiger partial charge < -0.3 is 9.32 Å². The summed E-state index contributed by atoms with van der Waals surface area (Å²) in [5.74, 6) is 0.194. The molecule has 0 aromatic carbocycles. The molecule has 1 aliphatic rings. The maximum Gasteiger partial charge on any atom is 0.470 e. The van der Waals surface area contributed by atoms with E-state index in [2.05, 4.69) is 30.4 Å². The van der Waals surface area contributed by atoms with Gasteiger partial charge >= 0.3 is 12.1 Å². The molecule has 156 valence electrons. The second kappa shape index (κ2) is 6.65. The Morgan fingerprint density at radius 2 is 1.83 bits per heavy atom. The zero-order valence-corrected chi connectivity index (χ0v) is 16.5. The summed E-state index contributed by atoms with van der Waals surface area (Å²) in [5.41, 5.74) is 0.493. The summed E-state index contributed by atoms with van der Waals surface area (Å²) in [6, 6.07) is 3.90. The van der Waals surface area contributed by atoms with Gasteiger partial charge in [0.15, 0.2) is 11.5 Å². The van der Waals surface area contributed by atoms with Crippen LogP contribution in [0.5, 0.6) is 0 Å². The first-order valence-corrected chi connectivity index (χ1v) is 9.10. The number of nitrogens with zero attached hydrogens (tertiary/aromatic N) is 8. The van der Waals surface area contributed by atoms with E-state index in [1.807, 2.05) is 44.9 Å². The highest BCUT2D eigenvalue weighted by molar-refractivity contribution is 5.48. The van der Waals surface area contributed by atoms with Gasteiger partial charge in [-0.3, -0.25) is 4.90 Å².